The summed E-state index contributed by atoms with van der Waals surface area (Å²) in [5.74, 6) is 1.40. The van der Waals surface area contributed by atoms with Gasteiger partial charge in [-0.15, -0.1) is 10.2 Å². The molecule has 1 atom stereocenters. The fourth-order valence-electron chi connectivity index (χ4n) is 2.60. The van der Waals surface area contributed by atoms with Crippen molar-refractivity contribution < 1.29 is 0 Å². The number of hydrogen-bond donors (Lipinski definition) is 2. The van der Waals surface area contributed by atoms with Crippen LogP contribution >= 0.6 is 0 Å². The van der Waals surface area contributed by atoms with Gasteiger partial charge >= 0.3 is 0 Å². The number of rotatable bonds is 1. The summed E-state index contributed by atoms with van der Waals surface area (Å²) in [6, 6.07) is 0. The molecule has 0 spiro atoms. The largest absolute Gasteiger partial charge is 0.340 e. The first-order valence-electron chi connectivity index (χ1n) is 6.17. The number of hydrogen-bond acceptors (Lipinski definition) is 5. The van der Waals surface area contributed by atoms with Crippen LogP contribution in [0.1, 0.15) is 24.6 Å². The summed E-state index contributed by atoms with van der Waals surface area (Å²) in [4.78, 5) is 11.5. The van der Waals surface area contributed by atoms with Crippen molar-refractivity contribution in [3.63, 3.8) is 0 Å². The maximum absolute atomic E-state index is 4.33. The van der Waals surface area contributed by atoms with E-state index in [0.717, 1.165) is 36.5 Å². The summed E-state index contributed by atoms with van der Waals surface area (Å²) in [6.45, 7) is 2.05. The van der Waals surface area contributed by atoms with E-state index in [9.17, 15) is 0 Å². The van der Waals surface area contributed by atoms with Crippen LogP contribution in [0.25, 0.3) is 16.8 Å². The molecule has 1 unspecified atom stereocenters. The first-order chi connectivity index (χ1) is 8.93. The smallest absolute Gasteiger partial charge is 0.189 e. The van der Waals surface area contributed by atoms with E-state index in [4.69, 9.17) is 0 Å². The Morgan fingerprint density at radius 2 is 2.28 bits per heavy atom. The van der Waals surface area contributed by atoms with Crippen LogP contribution in [0.4, 0.5) is 0 Å². The fraction of sp³-hybridized carbons (Fsp3) is 0.455. The minimum Gasteiger partial charge on any atom is -0.340 e. The van der Waals surface area contributed by atoms with Gasteiger partial charge in [0.1, 0.15) is 17.7 Å². The molecule has 3 aromatic rings. The molecule has 0 saturated carbocycles. The number of piperidine rings is 1. The van der Waals surface area contributed by atoms with Crippen molar-refractivity contribution in [2.45, 2.75) is 18.8 Å². The van der Waals surface area contributed by atoms with Gasteiger partial charge < -0.3 is 10.3 Å². The maximum Gasteiger partial charge on any atom is 0.189 e. The monoisotopic (exact) mass is 243 g/mol. The van der Waals surface area contributed by atoms with E-state index in [2.05, 4.69) is 30.5 Å². The van der Waals surface area contributed by atoms with Gasteiger partial charge in [0.25, 0.3) is 0 Å². The molecule has 7 heteroatoms. The minimum absolute atomic E-state index is 0.413. The molecular weight excluding hydrogens is 230 g/mol. The van der Waals surface area contributed by atoms with Crippen LogP contribution in [0.15, 0.2) is 12.7 Å². The van der Waals surface area contributed by atoms with Gasteiger partial charge in [-0.1, -0.05) is 0 Å². The second-order valence-corrected chi connectivity index (χ2v) is 4.64. The van der Waals surface area contributed by atoms with Gasteiger partial charge in [-0.3, -0.25) is 4.40 Å². The molecule has 1 fully saturated rings. The SMILES string of the molecule is c1nc2ncn3c(C4CCCNC4)nnc3c2[nH]1. The number of aromatic amines is 1. The normalized spacial score (nSPS) is 20.8. The van der Waals surface area contributed by atoms with Gasteiger partial charge in [0.05, 0.1) is 6.33 Å². The number of nitrogens with zero attached hydrogens (tertiary/aromatic N) is 5. The Morgan fingerprint density at radius 1 is 1.28 bits per heavy atom. The average molecular weight is 243 g/mol. The zero-order valence-electron chi connectivity index (χ0n) is 9.80. The molecule has 4 rings (SSSR count). The molecule has 2 N–H and O–H groups in total. The molecule has 4 heterocycles. The Balaban J connectivity index is 1.90. The van der Waals surface area contributed by atoms with Crippen molar-refractivity contribution in [2.24, 2.45) is 0 Å². The van der Waals surface area contributed by atoms with Crippen LogP contribution in [0, 0.1) is 0 Å². The van der Waals surface area contributed by atoms with Crippen LogP contribution in [0.3, 0.4) is 0 Å². The lowest BCUT2D eigenvalue weighted by atomic mass is 9.99. The Kier molecular flexibility index (Phi) is 2.07. The van der Waals surface area contributed by atoms with Crippen molar-refractivity contribution >= 4 is 16.8 Å². The fourth-order valence-corrected chi connectivity index (χ4v) is 2.60. The standard InChI is InChI=1S/C11H13N7/c1-2-7(4-12-3-1)10-16-17-11-8-9(14-5-13-8)15-6-18(10)11/h5-7,12H,1-4H2,(H,13,14). The van der Waals surface area contributed by atoms with E-state index >= 15 is 0 Å². The molecule has 0 radical (unpaired) electrons. The molecule has 0 aliphatic carbocycles. The van der Waals surface area contributed by atoms with Crippen LogP contribution in [-0.2, 0) is 0 Å². The van der Waals surface area contributed by atoms with Crippen LogP contribution in [-0.4, -0.2) is 42.6 Å². The molecule has 1 aliphatic rings. The molecule has 1 aliphatic heterocycles. The topological polar surface area (TPSA) is 83.8 Å². The number of nitrogens with one attached hydrogen (secondary N) is 2. The lowest BCUT2D eigenvalue weighted by molar-refractivity contribution is 0.444. The summed E-state index contributed by atoms with van der Waals surface area (Å²) >= 11 is 0. The highest BCUT2D eigenvalue weighted by atomic mass is 15.3. The van der Waals surface area contributed by atoms with Gasteiger partial charge in [0.15, 0.2) is 11.3 Å². The van der Waals surface area contributed by atoms with Gasteiger partial charge in [-0.2, -0.15) is 0 Å². The van der Waals surface area contributed by atoms with Gasteiger partial charge in [0, 0.05) is 12.5 Å². The van der Waals surface area contributed by atoms with Crippen molar-refractivity contribution in [3.8, 4) is 0 Å². The third-order valence-electron chi connectivity index (χ3n) is 3.52. The number of H-pyrrole nitrogens is 1. The third kappa shape index (κ3) is 1.34. The van der Waals surface area contributed by atoms with Crippen molar-refractivity contribution in [2.75, 3.05) is 13.1 Å². The first kappa shape index (κ1) is 9.95. The molecule has 92 valence electrons. The van der Waals surface area contributed by atoms with Crippen LogP contribution in [0.5, 0.6) is 0 Å². The lowest BCUT2D eigenvalue weighted by Gasteiger charge is -2.20. The van der Waals surface area contributed by atoms with Crippen LogP contribution in [0.2, 0.25) is 0 Å². The average Bonchev–Trinajstić information content (AvgIpc) is 3.05. The Labute approximate surface area is 103 Å². The molecule has 1 saturated heterocycles. The molecule has 0 amide bonds. The summed E-state index contributed by atoms with van der Waals surface area (Å²) in [5.41, 5.74) is 2.33. The highest BCUT2D eigenvalue weighted by Gasteiger charge is 2.21. The first-order valence-corrected chi connectivity index (χ1v) is 6.17. The molecule has 7 nitrogen and oxygen atoms in total. The number of fused-ring (bicyclic) bond motifs is 3. The van der Waals surface area contributed by atoms with E-state index < -0.39 is 0 Å². The molecule has 18 heavy (non-hydrogen) atoms. The summed E-state index contributed by atoms with van der Waals surface area (Å²) in [7, 11) is 0. The third-order valence-corrected chi connectivity index (χ3v) is 3.52. The second kappa shape index (κ2) is 3.74. The summed E-state index contributed by atoms with van der Waals surface area (Å²) in [5, 5.41) is 12.0. The van der Waals surface area contributed by atoms with Crippen molar-refractivity contribution in [1.29, 1.82) is 0 Å². The molecule has 0 aromatic carbocycles. The van der Waals surface area contributed by atoms with E-state index in [0.29, 0.717) is 11.6 Å². The quantitative estimate of drug-likeness (QED) is 0.649. The predicted molar refractivity (Wildman–Crippen MR) is 65.3 cm³/mol. The molecular formula is C11H13N7. The van der Waals surface area contributed by atoms with Crippen LogP contribution < -0.4 is 5.32 Å². The molecule has 3 aromatic heterocycles. The highest BCUT2D eigenvalue weighted by molar-refractivity contribution is 5.84. The lowest BCUT2D eigenvalue weighted by Crippen LogP contribution is -2.29. The van der Waals surface area contributed by atoms with E-state index in [-0.39, 0.29) is 0 Å². The van der Waals surface area contributed by atoms with E-state index in [1.807, 2.05) is 4.40 Å². The zero-order valence-corrected chi connectivity index (χ0v) is 9.80. The minimum atomic E-state index is 0.413. The Morgan fingerprint density at radius 3 is 3.17 bits per heavy atom. The van der Waals surface area contributed by atoms with E-state index in [1.54, 1.807) is 12.7 Å². The Bertz CT molecular complexity index is 692. The van der Waals surface area contributed by atoms with E-state index in [1.165, 1.54) is 6.42 Å². The van der Waals surface area contributed by atoms with Crippen molar-refractivity contribution in [1.82, 2.24) is 34.9 Å². The predicted octanol–water partition coefficient (Wildman–Crippen LogP) is 0.468. The summed E-state index contributed by atoms with van der Waals surface area (Å²) in [6.07, 6.45) is 5.73. The second-order valence-electron chi connectivity index (χ2n) is 4.64. The zero-order chi connectivity index (χ0) is 11.9. The molecule has 0 bridgehead atoms. The Hall–Kier alpha value is -2.02. The highest BCUT2D eigenvalue weighted by Crippen LogP contribution is 2.23. The maximum atomic E-state index is 4.33. The van der Waals surface area contributed by atoms with Gasteiger partial charge in [0.2, 0.25) is 0 Å². The van der Waals surface area contributed by atoms with Gasteiger partial charge in [-0.05, 0) is 19.4 Å². The number of imidazole rings is 1. The van der Waals surface area contributed by atoms with Crippen molar-refractivity contribution in [3.05, 3.63) is 18.5 Å². The number of aromatic nitrogens is 6. The summed E-state index contributed by atoms with van der Waals surface area (Å²) < 4.78 is 1.97. The van der Waals surface area contributed by atoms with Gasteiger partial charge in [-0.25, -0.2) is 9.97 Å².